The average molecular weight is 301 g/mol. The van der Waals surface area contributed by atoms with Crippen molar-refractivity contribution in [2.75, 3.05) is 7.11 Å². The van der Waals surface area contributed by atoms with Crippen molar-refractivity contribution >= 4 is 22.4 Å². The van der Waals surface area contributed by atoms with E-state index >= 15 is 0 Å². The van der Waals surface area contributed by atoms with E-state index in [4.69, 9.17) is 21.1 Å². The number of nitrogens with zero attached hydrogens (tertiary/aromatic N) is 2. The second-order valence-electron chi connectivity index (χ2n) is 4.47. The maximum atomic E-state index is 6.07. The second-order valence-corrected chi connectivity index (χ2v) is 4.83. The Labute approximate surface area is 127 Å². The highest BCUT2D eigenvalue weighted by Gasteiger charge is 2.13. The fraction of sp³-hybridized carbons (Fsp3) is 0.125. The molecule has 3 rings (SSSR count). The highest BCUT2D eigenvalue weighted by Crippen LogP contribution is 2.37. The smallest absolute Gasteiger partial charge is 0.171 e. The zero-order valence-corrected chi connectivity index (χ0v) is 12.2. The van der Waals surface area contributed by atoms with E-state index < -0.39 is 0 Å². The van der Waals surface area contributed by atoms with E-state index in [1.165, 1.54) is 0 Å². The molecule has 4 nitrogen and oxygen atoms in total. The highest BCUT2D eigenvalue weighted by atomic mass is 35.5. The predicted octanol–water partition coefficient (Wildman–Crippen LogP) is 3.87. The van der Waals surface area contributed by atoms with Crippen molar-refractivity contribution < 1.29 is 9.47 Å². The molecular formula is C16H13ClN2O2. The molecule has 0 saturated heterocycles. The van der Waals surface area contributed by atoms with Gasteiger partial charge in [-0.2, -0.15) is 5.10 Å². The fourth-order valence-corrected chi connectivity index (χ4v) is 2.33. The van der Waals surface area contributed by atoms with Gasteiger partial charge in [-0.25, -0.2) is 0 Å². The monoisotopic (exact) mass is 300 g/mol. The van der Waals surface area contributed by atoms with E-state index in [0.717, 1.165) is 16.3 Å². The van der Waals surface area contributed by atoms with Crippen molar-refractivity contribution in [2.24, 2.45) is 0 Å². The maximum Gasteiger partial charge on any atom is 0.171 e. The van der Waals surface area contributed by atoms with Crippen LogP contribution in [0.15, 0.2) is 48.7 Å². The molecule has 2 aromatic carbocycles. The largest absolute Gasteiger partial charge is 0.493 e. The van der Waals surface area contributed by atoms with Crippen LogP contribution < -0.4 is 9.47 Å². The third-order valence-corrected chi connectivity index (χ3v) is 3.44. The van der Waals surface area contributed by atoms with Gasteiger partial charge >= 0.3 is 0 Å². The molecule has 0 aliphatic heterocycles. The van der Waals surface area contributed by atoms with E-state index in [1.54, 1.807) is 13.3 Å². The molecule has 106 valence electrons. The normalized spacial score (nSPS) is 10.6. The zero-order chi connectivity index (χ0) is 14.7. The number of benzene rings is 2. The van der Waals surface area contributed by atoms with Gasteiger partial charge < -0.3 is 9.47 Å². The Morgan fingerprint density at radius 2 is 1.86 bits per heavy atom. The molecule has 1 heterocycles. The Kier molecular flexibility index (Phi) is 3.88. The lowest BCUT2D eigenvalue weighted by molar-refractivity contribution is 0.288. The summed E-state index contributed by atoms with van der Waals surface area (Å²) in [5, 5.41) is 9.64. The molecule has 0 fully saturated rings. The number of hydrogen-bond acceptors (Lipinski definition) is 4. The molecule has 0 aliphatic rings. The minimum atomic E-state index is 0.347. The summed E-state index contributed by atoms with van der Waals surface area (Å²) in [5.41, 5.74) is 1.07. The van der Waals surface area contributed by atoms with Gasteiger partial charge in [-0.1, -0.05) is 41.9 Å². The first-order valence-corrected chi connectivity index (χ1v) is 6.82. The van der Waals surface area contributed by atoms with Crippen LogP contribution in [0.3, 0.4) is 0 Å². The van der Waals surface area contributed by atoms with Gasteiger partial charge in [0.25, 0.3) is 0 Å². The first-order valence-electron chi connectivity index (χ1n) is 6.44. The van der Waals surface area contributed by atoms with Crippen molar-refractivity contribution in [1.82, 2.24) is 10.2 Å². The van der Waals surface area contributed by atoms with Gasteiger partial charge in [0, 0.05) is 5.39 Å². The minimum absolute atomic E-state index is 0.347. The Morgan fingerprint density at radius 3 is 2.62 bits per heavy atom. The highest BCUT2D eigenvalue weighted by molar-refractivity contribution is 6.34. The quantitative estimate of drug-likeness (QED) is 0.733. The Morgan fingerprint density at radius 1 is 1.05 bits per heavy atom. The van der Waals surface area contributed by atoms with Gasteiger partial charge in [-0.3, -0.25) is 0 Å². The van der Waals surface area contributed by atoms with Crippen molar-refractivity contribution in [3.63, 3.8) is 0 Å². The zero-order valence-electron chi connectivity index (χ0n) is 11.4. The number of halogens is 1. The molecule has 21 heavy (non-hydrogen) atoms. The molecule has 0 N–H and O–H groups in total. The number of fused-ring (bicyclic) bond motifs is 1. The lowest BCUT2D eigenvalue weighted by atomic mass is 10.1. The van der Waals surface area contributed by atoms with Crippen LogP contribution in [-0.4, -0.2) is 17.3 Å². The molecule has 0 bridgehead atoms. The lowest BCUT2D eigenvalue weighted by Crippen LogP contribution is -1.99. The van der Waals surface area contributed by atoms with Gasteiger partial charge in [0.05, 0.1) is 18.7 Å². The van der Waals surface area contributed by atoms with Gasteiger partial charge in [0.2, 0.25) is 0 Å². The van der Waals surface area contributed by atoms with E-state index in [9.17, 15) is 0 Å². The first-order chi connectivity index (χ1) is 10.3. The molecule has 0 spiro atoms. The summed E-state index contributed by atoms with van der Waals surface area (Å²) in [6.07, 6.45) is 1.63. The summed E-state index contributed by atoms with van der Waals surface area (Å²) in [6.45, 7) is 0.441. The molecule has 1 aromatic heterocycles. The third-order valence-electron chi connectivity index (χ3n) is 3.16. The van der Waals surface area contributed by atoms with Gasteiger partial charge in [0.15, 0.2) is 16.7 Å². The van der Waals surface area contributed by atoms with Gasteiger partial charge in [-0.15, -0.1) is 5.10 Å². The predicted molar refractivity (Wildman–Crippen MR) is 81.9 cm³/mol. The Bertz CT molecular complexity index is 763. The van der Waals surface area contributed by atoms with Crippen molar-refractivity contribution in [1.29, 1.82) is 0 Å². The molecule has 3 aromatic rings. The van der Waals surface area contributed by atoms with Crippen LogP contribution in [0, 0.1) is 0 Å². The molecule has 0 unspecified atom stereocenters. The number of hydrogen-bond donors (Lipinski definition) is 0. The maximum absolute atomic E-state index is 6.07. The second kappa shape index (κ2) is 5.97. The van der Waals surface area contributed by atoms with Gasteiger partial charge in [0.1, 0.15) is 6.61 Å². The van der Waals surface area contributed by atoms with E-state index in [1.807, 2.05) is 42.5 Å². The first kappa shape index (κ1) is 13.6. The fourth-order valence-electron chi connectivity index (χ4n) is 2.12. The molecule has 0 radical (unpaired) electrons. The summed E-state index contributed by atoms with van der Waals surface area (Å²) in [7, 11) is 1.60. The van der Waals surface area contributed by atoms with Crippen LogP contribution >= 0.6 is 11.6 Å². The SMILES string of the molecule is COc1ccc2c(Cl)nncc2c1OCc1ccccc1. The van der Waals surface area contributed by atoms with E-state index in [0.29, 0.717) is 23.3 Å². The molecule has 0 saturated carbocycles. The van der Waals surface area contributed by atoms with Crippen molar-refractivity contribution in [2.45, 2.75) is 6.61 Å². The van der Waals surface area contributed by atoms with Crippen LogP contribution in [0.4, 0.5) is 0 Å². The standard InChI is InChI=1S/C16H13ClN2O2/c1-20-14-8-7-12-13(9-18-19-16(12)17)15(14)21-10-11-5-3-2-4-6-11/h2-9H,10H2,1H3. The lowest BCUT2D eigenvalue weighted by Gasteiger charge is -2.13. The molecule has 0 amide bonds. The van der Waals surface area contributed by atoms with Crippen molar-refractivity contribution in [3.8, 4) is 11.5 Å². The Hall–Kier alpha value is -2.33. The minimum Gasteiger partial charge on any atom is -0.493 e. The summed E-state index contributed by atoms with van der Waals surface area (Å²) in [4.78, 5) is 0. The number of ether oxygens (including phenoxy) is 2. The Balaban J connectivity index is 2.01. The van der Waals surface area contributed by atoms with Crippen LogP contribution in [0.25, 0.3) is 10.8 Å². The van der Waals surface area contributed by atoms with E-state index in [2.05, 4.69) is 10.2 Å². The summed E-state index contributed by atoms with van der Waals surface area (Å²) in [5.74, 6) is 1.26. The summed E-state index contributed by atoms with van der Waals surface area (Å²) >= 11 is 6.07. The molecule has 0 aliphatic carbocycles. The van der Waals surface area contributed by atoms with E-state index in [-0.39, 0.29) is 0 Å². The molecule has 0 atom stereocenters. The molecule has 5 heteroatoms. The van der Waals surface area contributed by atoms with Crippen LogP contribution in [0.5, 0.6) is 11.5 Å². The topological polar surface area (TPSA) is 44.2 Å². The van der Waals surface area contributed by atoms with Gasteiger partial charge in [-0.05, 0) is 17.7 Å². The van der Waals surface area contributed by atoms with Crippen LogP contribution in [0.2, 0.25) is 5.15 Å². The number of methoxy groups -OCH3 is 1. The molecular weight excluding hydrogens is 288 g/mol. The third kappa shape index (κ3) is 2.76. The number of rotatable bonds is 4. The number of aromatic nitrogens is 2. The van der Waals surface area contributed by atoms with Crippen LogP contribution in [-0.2, 0) is 6.61 Å². The summed E-state index contributed by atoms with van der Waals surface area (Å²) in [6, 6.07) is 13.6. The average Bonchev–Trinajstić information content (AvgIpc) is 2.54. The van der Waals surface area contributed by atoms with Crippen molar-refractivity contribution in [3.05, 3.63) is 59.4 Å². The summed E-state index contributed by atoms with van der Waals surface area (Å²) < 4.78 is 11.3. The van der Waals surface area contributed by atoms with Crippen LogP contribution in [0.1, 0.15) is 5.56 Å².